The lowest BCUT2D eigenvalue weighted by Crippen LogP contribution is -2.35. The first-order valence-electron chi connectivity index (χ1n) is 13.3. The van der Waals surface area contributed by atoms with Crippen molar-refractivity contribution in [3.05, 3.63) is 46.5 Å². The molecule has 13 heteroatoms. The predicted molar refractivity (Wildman–Crippen MR) is 147 cm³/mol. The molecule has 2 fully saturated rings. The molecule has 2 N–H and O–H groups in total. The summed E-state index contributed by atoms with van der Waals surface area (Å²) in [7, 11) is 3.14. The summed E-state index contributed by atoms with van der Waals surface area (Å²) in [6.45, 7) is 5.91. The molecule has 1 aliphatic carbocycles. The number of nitrogens with zero attached hydrogens (tertiary/aromatic N) is 5. The molecule has 3 aromatic heterocycles. The van der Waals surface area contributed by atoms with Crippen LogP contribution in [0.1, 0.15) is 63.0 Å². The van der Waals surface area contributed by atoms with Crippen molar-refractivity contribution in [3.8, 4) is 0 Å². The number of anilines is 3. The van der Waals surface area contributed by atoms with Crippen molar-refractivity contribution < 1.29 is 23.8 Å². The molecule has 2 amide bonds. The van der Waals surface area contributed by atoms with Crippen LogP contribution < -0.4 is 21.1 Å². The monoisotopic (exact) mass is 553 g/mol. The van der Waals surface area contributed by atoms with Crippen molar-refractivity contribution in [1.29, 1.82) is 0 Å². The molecule has 1 saturated carbocycles. The molecule has 4 heterocycles. The number of fused-ring (bicyclic) bond motifs is 1. The van der Waals surface area contributed by atoms with Gasteiger partial charge in [-0.1, -0.05) is 0 Å². The van der Waals surface area contributed by atoms with E-state index in [0.29, 0.717) is 6.61 Å². The van der Waals surface area contributed by atoms with Crippen LogP contribution in [0.25, 0.3) is 5.65 Å². The zero-order valence-corrected chi connectivity index (χ0v) is 23.3. The van der Waals surface area contributed by atoms with Crippen LogP contribution in [-0.2, 0) is 14.2 Å². The van der Waals surface area contributed by atoms with Crippen LogP contribution in [0.2, 0.25) is 0 Å². The molecule has 0 bridgehead atoms. The van der Waals surface area contributed by atoms with E-state index in [1.807, 2.05) is 0 Å². The third-order valence-corrected chi connectivity index (χ3v) is 6.76. The van der Waals surface area contributed by atoms with Crippen LogP contribution in [0.5, 0.6) is 0 Å². The standard InChI is InChI=1S/C27H35N7O6/c1-27(2,3)40-26(37)32(4)21-14-20(29-17-9-8-11-33(25(17)36)22-10-6-7-12-39-22)31-23-16(15-28-34(21)23)24(35)30-18-13-19(18)38-5/h8-9,11,14-15,18-19,22H,6-7,10,12-13H2,1-5H3,(H,29,31)(H,30,35)/t18-,19?,22+/m0/s1. The molecular formula is C27H35N7O6. The quantitative estimate of drug-likeness (QED) is 0.451. The number of rotatable bonds is 7. The van der Waals surface area contributed by atoms with Gasteiger partial charge >= 0.3 is 6.09 Å². The number of methoxy groups -OCH3 is 1. The van der Waals surface area contributed by atoms with Gasteiger partial charge in [0.25, 0.3) is 11.5 Å². The number of pyridine rings is 1. The molecule has 3 aromatic rings. The van der Waals surface area contributed by atoms with Crippen LogP contribution in [0.3, 0.4) is 0 Å². The lowest BCUT2D eigenvalue weighted by Gasteiger charge is -2.25. The van der Waals surface area contributed by atoms with Crippen molar-refractivity contribution in [2.45, 2.75) is 70.4 Å². The molecule has 13 nitrogen and oxygen atoms in total. The number of nitrogens with one attached hydrogen (secondary N) is 2. The van der Waals surface area contributed by atoms with Crippen molar-refractivity contribution in [2.24, 2.45) is 0 Å². The van der Waals surface area contributed by atoms with Crippen LogP contribution in [0.15, 0.2) is 35.4 Å². The lowest BCUT2D eigenvalue weighted by molar-refractivity contribution is -0.0339. The van der Waals surface area contributed by atoms with Gasteiger partial charge in [0.2, 0.25) is 0 Å². The van der Waals surface area contributed by atoms with Crippen molar-refractivity contribution >= 4 is 35.0 Å². The number of amides is 2. The van der Waals surface area contributed by atoms with E-state index < -0.39 is 11.7 Å². The van der Waals surface area contributed by atoms with Gasteiger partial charge in [-0.05, 0) is 58.6 Å². The summed E-state index contributed by atoms with van der Waals surface area (Å²) in [5, 5.41) is 10.4. The molecule has 5 rings (SSSR count). The summed E-state index contributed by atoms with van der Waals surface area (Å²) in [5.41, 5.74) is -0.318. The summed E-state index contributed by atoms with van der Waals surface area (Å²) in [6, 6.07) is 4.88. The van der Waals surface area contributed by atoms with Gasteiger partial charge in [-0.25, -0.2) is 9.78 Å². The number of aromatic nitrogens is 4. The Hall–Kier alpha value is -3.97. The summed E-state index contributed by atoms with van der Waals surface area (Å²) >= 11 is 0. The second kappa shape index (κ2) is 10.9. The van der Waals surface area contributed by atoms with E-state index >= 15 is 0 Å². The maximum absolute atomic E-state index is 13.3. The van der Waals surface area contributed by atoms with Gasteiger partial charge in [-0.15, -0.1) is 0 Å². The highest BCUT2D eigenvalue weighted by molar-refractivity contribution is 6.01. The Balaban J connectivity index is 1.53. The molecule has 3 atom stereocenters. The van der Waals surface area contributed by atoms with E-state index in [-0.39, 0.29) is 58.4 Å². The molecular weight excluding hydrogens is 518 g/mol. The largest absolute Gasteiger partial charge is 0.443 e. The summed E-state index contributed by atoms with van der Waals surface area (Å²) in [5.74, 6) is 0.161. The van der Waals surface area contributed by atoms with E-state index in [4.69, 9.17) is 14.2 Å². The number of hydrogen-bond acceptors (Lipinski definition) is 9. The minimum Gasteiger partial charge on any atom is -0.443 e. The average molecular weight is 554 g/mol. The molecule has 214 valence electrons. The first-order valence-corrected chi connectivity index (χ1v) is 13.3. The van der Waals surface area contributed by atoms with Gasteiger partial charge in [0.1, 0.15) is 34.7 Å². The van der Waals surface area contributed by atoms with Crippen LogP contribution >= 0.6 is 0 Å². The molecule has 1 unspecified atom stereocenters. The summed E-state index contributed by atoms with van der Waals surface area (Å²) in [4.78, 5) is 45.3. The Morgan fingerprint density at radius 3 is 2.73 bits per heavy atom. The van der Waals surface area contributed by atoms with E-state index in [9.17, 15) is 14.4 Å². The first kappa shape index (κ1) is 27.6. The fourth-order valence-corrected chi connectivity index (χ4v) is 4.58. The number of carbonyl (C=O) groups excluding carboxylic acids is 2. The first-order chi connectivity index (χ1) is 19.1. The van der Waals surface area contributed by atoms with Crippen molar-refractivity contribution in [1.82, 2.24) is 24.5 Å². The Labute approximate surface area is 231 Å². The third-order valence-electron chi connectivity index (χ3n) is 6.76. The highest BCUT2D eigenvalue weighted by Gasteiger charge is 2.39. The predicted octanol–water partition coefficient (Wildman–Crippen LogP) is 3.22. The van der Waals surface area contributed by atoms with E-state index in [0.717, 1.165) is 25.7 Å². The smallest absolute Gasteiger partial charge is 0.415 e. The van der Waals surface area contributed by atoms with Crippen molar-refractivity contribution in [3.63, 3.8) is 0 Å². The lowest BCUT2D eigenvalue weighted by atomic mass is 10.2. The normalized spacial score (nSPS) is 20.7. The molecule has 40 heavy (non-hydrogen) atoms. The number of carbonyl (C=O) groups is 2. The minimum absolute atomic E-state index is 0.0294. The van der Waals surface area contributed by atoms with Crippen LogP contribution in [0.4, 0.5) is 22.1 Å². The minimum atomic E-state index is -0.730. The second-order valence-electron chi connectivity index (χ2n) is 11.0. The Kier molecular flexibility index (Phi) is 7.51. The number of hydrogen-bond donors (Lipinski definition) is 2. The fourth-order valence-electron chi connectivity index (χ4n) is 4.58. The van der Waals surface area contributed by atoms with Gasteiger partial charge < -0.3 is 24.8 Å². The molecule has 0 radical (unpaired) electrons. The van der Waals surface area contributed by atoms with Gasteiger partial charge in [0, 0.05) is 33.0 Å². The second-order valence-corrected chi connectivity index (χ2v) is 11.0. The summed E-state index contributed by atoms with van der Waals surface area (Å²) < 4.78 is 19.6. The molecule has 1 saturated heterocycles. The van der Waals surface area contributed by atoms with Crippen LogP contribution in [0, 0.1) is 0 Å². The third kappa shape index (κ3) is 5.80. The van der Waals surface area contributed by atoms with Crippen LogP contribution in [-0.4, -0.2) is 69.7 Å². The number of ether oxygens (including phenoxy) is 3. The van der Waals surface area contributed by atoms with Gasteiger partial charge in [-0.3, -0.25) is 19.1 Å². The molecule has 0 aromatic carbocycles. The zero-order chi connectivity index (χ0) is 28.6. The van der Waals surface area contributed by atoms with Gasteiger partial charge in [0.15, 0.2) is 5.65 Å². The van der Waals surface area contributed by atoms with Gasteiger partial charge in [0.05, 0.1) is 18.3 Å². The molecule has 1 aliphatic heterocycles. The Morgan fingerprint density at radius 2 is 2.05 bits per heavy atom. The summed E-state index contributed by atoms with van der Waals surface area (Å²) in [6.07, 6.45) is 5.52. The molecule has 0 spiro atoms. The highest BCUT2D eigenvalue weighted by Crippen LogP contribution is 2.28. The van der Waals surface area contributed by atoms with Gasteiger partial charge in [-0.2, -0.15) is 9.61 Å². The zero-order valence-electron chi connectivity index (χ0n) is 23.3. The highest BCUT2D eigenvalue weighted by atomic mass is 16.6. The molecule has 2 aliphatic rings. The van der Waals surface area contributed by atoms with Crippen molar-refractivity contribution in [2.75, 3.05) is 31.0 Å². The fraction of sp³-hybridized carbons (Fsp3) is 0.519. The SMILES string of the molecule is COC1C[C@@H]1NC(=O)c1cnn2c(N(C)C(=O)OC(C)(C)C)cc(Nc3cccn([C@H]4CCCCO4)c3=O)nc12. The average Bonchev–Trinajstić information content (AvgIpc) is 3.53. The Morgan fingerprint density at radius 1 is 1.25 bits per heavy atom. The van der Waals surface area contributed by atoms with E-state index in [1.165, 1.54) is 22.7 Å². The Bertz CT molecular complexity index is 1470. The maximum atomic E-state index is 13.3. The topological polar surface area (TPSA) is 141 Å². The maximum Gasteiger partial charge on any atom is 0.415 e. The van der Waals surface area contributed by atoms with E-state index in [1.54, 1.807) is 56.8 Å². The van der Waals surface area contributed by atoms with E-state index in [2.05, 4.69) is 20.7 Å².